The molecule has 0 aliphatic carbocycles. The maximum atomic E-state index is 13.3. The smallest absolute Gasteiger partial charge is 0.255 e. The fraction of sp³-hybridized carbons (Fsp3) is 0.448. The number of carbonyl (C=O) groups is 6. The molecule has 0 radical (unpaired) electrons. The van der Waals surface area contributed by atoms with E-state index in [4.69, 9.17) is 0 Å². The summed E-state index contributed by atoms with van der Waals surface area (Å²) in [6.45, 7) is 3.51. The van der Waals surface area contributed by atoms with Gasteiger partial charge in [0, 0.05) is 31.9 Å². The molecule has 3 rings (SSSR count). The number of aromatic nitrogens is 1. The Kier molecular flexibility index (Phi) is 11.8. The first-order valence-corrected chi connectivity index (χ1v) is 14.0. The molecule has 232 valence electrons. The van der Waals surface area contributed by atoms with Crippen LogP contribution in [0.1, 0.15) is 36.7 Å². The van der Waals surface area contributed by atoms with Gasteiger partial charge >= 0.3 is 0 Å². The number of carbonyl (C=O) groups excluding carboxylic acids is 6. The maximum absolute atomic E-state index is 13.3. The SMILES string of the molecule is CC(C)[C@H]1NC(=O)CN(C(=O)c2cc[nH]c2)CCNC(=O)[C@@H](Cc2ccccc2)NC(=O)[C@H](CO)NC(=O)[C@H](C)NC1=O. The average molecular weight is 598 g/mol. The number of nitrogens with zero attached hydrogens (tertiary/aromatic N) is 1. The lowest BCUT2D eigenvalue weighted by atomic mass is 10.0. The van der Waals surface area contributed by atoms with Crippen LogP contribution in [0.2, 0.25) is 0 Å². The highest BCUT2D eigenvalue weighted by Crippen LogP contribution is 2.08. The lowest BCUT2D eigenvalue weighted by Crippen LogP contribution is -2.60. The Morgan fingerprint density at radius 1 is 0.907 bits per heavy atom. The van der Waals surface area contributed by atoms with Gasteiger partial charge in [-0.15, -0.1) is 0 Å². The fourth-order valence-electron chi connectivity index (χ4n) is 4.45. The molecule has 4 atom stereocenters. The second-order valence-corrected chi connectivity index (χ2v) is 10.6. The van der Waals surface area contributed by atoms with Crippen LogP contribution in [-0.2, 0) is 30.4 Å². The highest BCUT2D eigenvalue weighted by molar-refractivity contribution is 5.98. The number of nitrogens with one attached hydrogen (secondary N) is 6. The first kappa shape index (κ1) is 32.8. The van der Waals surface area contributed by atoms with Gasteiger partial charge in [-0.05, 0) is 24.5 Å². The molecule has 0 bridgehead atoms. The van der Waals surface area contributed by atoms with E-state index < -0.39 is 72.8 Å². The zero-order valence-electron chi connectivity index (χ0n) is 24.4. The van der Waals surface area contributed by atoms with Crippen molar-refractivity contribution in [2.24, 2.45) is 5.92 Å². The molecule has 0 unspecified atom stereocenters. The van der Waals surface area contributed by atoms with E-state index >= 15 is 0 Å². The Labute approximate surface area is 249 Å². The highest BCUT2D eigenvalue weighted by Gasteiger charge is 2.31. The molecule has 1 aromatic carbocycles. The summed E-state index contributed by atoms with van der Waals surface area (Å²) in [6.07, 6.45) is 3.14. The molecule has 14 heteroatoms. The summed E-state index contributed by atoms with van der Waals surface area (Å²) in [4.78, 5) is 82.6. The summed E-state index contributed by atoms with van der Waals surface area (Å²) < 4.78 is 0. The minimum Gasteiger partial charge on any atom is -0.394 e. The van der Waals surface area contributed by atoms with Crippen molar-refractivity contribution in [3.05, 3.63) is 59.9 Å². The van der Waals surface area contributed by atoms with Crippen molar-refractivity contribution in [1.82, 2.24) is 36.5 Å². The molecule has 7 N–H and O–H groups in total. The van der Waals surface area contributed by atoms with Crippen LogP contribution in [-0.4, -0.2) is 101 Å². The van der Waals surface area contributed by atoms with Crippen molar-refractivity contribution in [1.29, 1.82) is 0 Å². The number of benzene rings is 1. The number of hydrogen-bond acceptors (Lipinski definition) is 7. The third-order valence-electron chi connectivity index (χ3n) is 6.90. The minimum absolute atomic E-state index is 0.0555. The first-order chi connectivity index (χ1) is 20.5. The molecule has 14 nitrogen and oxygen atoms in total. The Morgan fingerprint density at radius 3 is 2.23 bits per heavy atom. The molecule has 1 fully saturated rings. The van der Waals surface area contributed by atoms with Gasteiger partial charge in [0.05, 0.1) is 18.7 Å². The largest absolute Gasteiger partial charge is 0.394 e. The van der Waals surface area contributed by atoms with E-state index in [0.717, 1.165) is 5.56 Å². The standard InChI is InChI=1S/C29H39N7O7/c1-17(2)24-28(42)32-18(3)25(39)34-22(16-37)27(41)33-21(13-19-7-5-4-6-8-19)26(40)31-11-12-36(15-23(38)35-24)29(43)20-9-10-30-14-20/h4-10,14,17-18,21-22,24,30,37H,11-13,15-16H2,1-3H3,(H,31,40)(H,32,42)(H,33,41)(H,34,39)(H,35,38)/t18-,21+,22-,24+/m0/s1. The van der Waals surface area contributed by atoms with Gasteiger partial charge in [0.15, 0.2) is 0 Å². The van der Waals surface area contributed by atoms with Crippen LogP contribution in [0.3, 0.4) is 0 Å². The number of aliphatic hydroxyl groups excluding tert-OH is 1. The summed E-state index contributed by atoms with van der Waals surface area (Å²) in [6, 6.07) is 5.78. The summed E-state index contributed by atoms with van der Waals surface area (Å²) in [5.74, 6) is -4.24. The van der Waals surface area contributed by atoms with Crippen molar-refractivity contribution in [3.63, 3.8) is 0 Å². The van der Waals surface area contributed by atoms with Gasteiger partial charge in [-0.2, -0.15) is 0 Å². The van der Waals surface area contributed by atoms with Gasteiger partial charge in [-0.1, -0.05) is 44.2 Å². The molecule has 2 heterocycles. The van der Waals surface area contributed by atoms with Crippen LogP contribution < -0.4 is 26.6 Å². The normalized spacial score (nSPS) is 23.3. The molecule has 43 heavy (non-hydrogen) atoms. The lowest BCUT2D eigenvalue weighted by molar-refractivity contribution is -0.135. The van der Waals surface area contributed by atoms with Crippen LogP contribution in [0.15, 0.2) is 48.8 Å². The summed E-state index contributed by atoms with van der Waals surface area (Å²) in [5, 5.41) is 22.7. The molecular formula is C29H39N7O7. The topological polar surface area (TPSA) is 202 Å². The second kappa shape index (κ2) is 15.5. The van der Waals surface area contributed by atoms with Crippen molar-refractivity contribution in [2.45, 2.75) is 51.4 Å². The number of aromatic amines is 1. The molecule has 1 saturated heterocycles. The Balaban J connectivity index is 1.91. The fourth-order valence-corrected chi connectivity index (χ4v) is 4.45. The van der Waals surface area contributed by atoms with Crippen molar-refractivity contribution >= 4 is 35.4 Å². The van der Waals surface area contributed by atoms with Crippen LogP contribution in [0.25, 0.3) is 0 Å². The number of aliphatic hydroxyl groups is 1. The van der Waals surface area contributed by atoms with Gasteiger partial charge < -0.3 is 41.6 Å². The summed E-state index contributed by atoms with van der Waals surface area (Å²) in [7, 11) is 0. The van der Waals surface area contributed by atoms with Crippen LogP contribution >= 0.6 is 0 Å². The number of hydrogen-bond donors (Lipinski definition) is 7. The van der Waals surface area contributed by atoms with E-state index in [0.29, 0.717) is 5.56 Å². The van der Waals surface area contributed by atoms with Gasteiger partial charge in [0.1, 0.15) is 24.2 Å². The third kappa shape index (κ3) is 9.39. The number of amides is 6. The van der Waals surface area contributed by atoms with Gasteiger partial charge in [-0.3, -0.25) is 28.8 Å². The zero-order valence-corrected chi connectivity index (χ0v) is 24.4. The van der Waals surface area contributed by atoms with Gasteiger partial charge in [-0.25, -0.2) is 0 Å². The average Bonchev–Trinajstić information content (AvgIpc) is 3.52. The van der Waals surface area contributed by atoms with E-state index in [1.165, 1.54) is 18.0 Å². The van der Waals surface area contributed by atoms with E-state index in [1.807, 2.05) is 0 Å². The van der Waals surface area contributed by atoms with Crippen LogP contribution in [0, 0.1) is 5.92 Å². The molecule has 1 aliphatic heterocycles. The summed E-state index contributed by atoms with van der Waals surface area (Å²) in [5.41, 5.74) is 1.04. The third-order valence-corrected chi connectivity index (χ3v) is 6.90. The van der Waals surface area contributed by atoms with Crippen LogP contribution in [0.4, 0.5) is 0 Å². The van der Waals surface area contributed by atoms with Gasteiger partial charge in [0.2, 0.25) is 29.5 Å². The second-order valence-electron chi connectivity index (χ2n) is 10.6. The van der Waals surface area contributed by atoms with E-state index in [-0.39, 0.29) is 25.4 Å². The quantitative estimate of drug-likeness (QED) is 0.216. The predicted molar refractivity (Wildman–Crippen MR) is 155 cm³/mol. The lowest BCUT2D eigenvalue weighted by Gasteiger charge is -2.28. The Morgan fingerprint density at radius 2 is 1.60 bits per heavy atom. The molecule has 6 amide bonds. The summed E-state index contributed by atoms with van der Waals surface area (Å²) >= 11 is 0. The molecule has 2 aromatic rings. The minimum atomic E-state index is -1.41. The number of rotatable bonds is 5. The predicted octanol–water partition coefficient (Wildman–Crippen LogP) is -1.56. The number of H-pyrrole nitrogens is 1. The Hall–Kier alpha value is -4.72. The van der Waals surface area contributed by atoms with E-state index in [9.17, 15) is 33.9 Å². The molecule has 0 spiro atoms. The zero-order chi connectivity index (χ0) is 31.5. The molecular weight excluding hydrogens is 558 g/mol. The Bertz CT molecular complexity index is 1280. The molecule has 1 aromatic heterocycles. The van der Waals surface area contributed by atoms with Crippen LogP contribution in [0.5, 0.6) is 0 Å². The monoisotopic (exact) mass is 597 g/mol. The molecule has 1 aliphatic rings. The first-order valence-electron chi connectivity index (χ1n) is 14.0. The van der Waals surface area contributed by atoms with Gasteiger partial charge in [0.25, 0.3) is 5.91 Å². The van der Waals surface area contributed by atoms with E-state index in [2.05, 4.69) is 31.6 Å². The maximum Gasteiger partial charge on any atom is 0.255 e. The van der Waals surface area contributed by atoms with E-state index in [1.54, 1.807) is 56.4 Å². The van der Waals surface area contributed by atoms with Crippen molar-refractivity contribution in [3.8, 4) is 0 Å². The van der Waals surface area contributed by atoms with Crippen molar-refractivity contribution in [2.75, 3.05) is 26.2 Å². The highest BCUT2D eigenvalue weighted by atomic mass is 16.3. The molecule has 0 saturated carbocycles. The van der Waals surface area contributed by atoms with Crippen molar-refractivity contribution < 1.29 is 33.9 Å².